The third-order valence-electron chi connectivity index (χ3n) is 3.04. The number of benzene rings is 1. The van der Waals surface area contributed by atoms with Gasteiger partial charge in [0.25, 0.3) is 0 Å². The number of thiazole rings is 1. The van der Waals surface area contributed by atoms with Gasteiger partial charge in [0.1, 0.15) is 11.9 Å². The van der Waals surface area contributed by atoms with Gasteiger partial charge in [0, 0.05) is 10.9 Å². The molecule has 1 N–H and O–H groups in total. The molecule has 1 unspecified atom stereocenters. The molecule has 3 rings (SSSR count). The van der Waals surface area contributed by atoms with Crippen molar-refractivity contribution >= 4 is 17.0 Å². The third-order valence-corrected chi connectivity index (χ3v) is 4.03. The standard InChI is InChI=1S/C14H16N2OS/c1-3-14-16-12(8-18-14)10-4-5-13-11(6-10)15-7-9(2)17-13/h4-6,8-9,15H,3,7H2,1-2H3. The fraction of sp³-hybridized carbons (Fsp3) is 0.357. The summed E-state index contributed by atoms with van der Waals surface area (Å²) in [4.78, 5) is 4.61. The summed E-state index contributed by atoms with van der Waals surface area (Å²) in [7, 11) is 0. The largest absolute Gasteiger partial charge is 0.487 e. The van der Waals surface area contributed by atoms with Gasteiger partial charge in [-0.15, -0.1) is 11.3 Å². The van der Waals surface area contributed by atoms with Crippen LogP contribution in [0.5, 0.6) is 5.75 Å². The van der Waals surface area contributed by atoms with E-state index in [9.17, 15) is 0 Å². The zero-order valence-corrected chi connectivity index (χ0v) is 11.4. The van der Waals surface area contributed by atoms with Crippen LogP contribution in [0.25, 0.3) is 11.3 Å². The first-order valence-electron chi connectivity index (χ1n) is 6.25. The number of fused-ring (bicyclic) bond motifs is 1. The fourth-order valence-electron chi connectivity index (χ4n) is 2.05. The summed E-state index contributed by atoms with van der Waals surface area (Å²) in [6, 6.07) is 6.22. The van der Waals surface area contributed by atoms with Gasteiger partial charge in [-0.2, -0.15) is 0 Å². The van der Waals surface area contributed by atoms with E-state index in [0.717, 1.165) is 35.7 Å². The van der Waals surface area contributed by atoms with Crippen LogP contribution >= 0.6 is 11.3 Å². The molecule has 0 bridgehead atoms. The number of anilines is 1. The molecule has 1 aliphatic heterocycles. The van der Waals surface area contributed by atoms with Crippen molar-refractivity contribution in [3.63, 3.8) is 0 Å². The predicted octanol–water partition coefficient (Wildman–Crippen LogP) is 3.57. The average molecular weight is 260 g/mol. The van der Waals surface area contributed by atoms with Gasteiger partial charge in [-0.25, -0.2) is 4.98 Å². The highest BCUT2D eigenvalue weighted by Gasteiger charge is 2.16. The normalized spacial score (nSPS) is 17.8. The molecule has 0 spiro atoms. The Labute approximate surface area is 111 Å². The van der Waals surface area contributed by atoms with Crippen LogP contribution in [0.15, 0.2) is 23.6 Å². The number of nitrogens with zero attached hydrogens (tertiary/aromatic N) is 1. The summed E-state index contributed by atoms with van der Waals surface area (Å²) in [5.41, 5.74) is 3.27. The molecule has 0 fully saturated rings. The summed E-state index contributed by atoms with van der Waals surface area (Å²) in [5.74, 6) is 0.934. The molecule has 1 aromatic carbocycles. The lowest BCUT2D eigenvalue weighted by Gasteiger charge is -2.25. The Morgan fingerprint density at radius 2 is 2.39 bits per heavy atom. The van der Waals surface area contributed by atoms with Crippen LogP contribution in [0.2, 0.25) is 0 Å². The fourth-order valence-corrected chi connectivity index (χ4v) is 2.80. The molecule has 2 heterocycles. The summed E-state index contributed by atoms with van der Waals surface area (Å²) < 4.78 is 5.77. The molecule has 4 heteroatoms. The Kier molecular flexibility index (Phi) is 2.96. The zero-order chi connectivity index (χ0) is 12.5. The number of aryl methyl sites for hydroxylation is 1. The quantitative estimate of drug-likeness (QED) is 0.896. The molecule has 0 amide bonds. The van der Waals surface area contributed by atoms with Crippen molar-refractivity contribution in [1.82, 2.24) is 4.98 Å². The molecule has 1 atom stereocenters. The minimum absolute atomic E-state index is 0.231. The second kappa shape index (κ2) is 4.61. The monoisotopic (exact) mass is 260 g/mol. The zero-order valence-electron chi connectivity index (χ0n) is 10.6. The maximum Gasteiger partial charge on any atom is 0.142 e. The van der Waals surface area contributed by atoms with Crippen molar-refractivity contribution in [2.75, 3.05) is 11.9 Å². The number of aromatic nitrogens is 1. The number of hydrogen-bond donors (Lipinski definition) is 1. The second-order valence-corrected chi connectivity index (χ2v) is 5.44. The maximum absolute atomic E-state index is 5.77. The highest BCUT2D eigenvalue weighted by atomic mass is 32.1. The first kappa shape index (κ1) is 11.5. The first-order valence-corrected chi connectivity index (χ1v) is 7.13. The Morgan fingerprint density at radius 1 is 1.50 bits per heavy atom. The van der Waals surface area contributed by atoms with Crippen LogP contribution in [0, 0.1) is 0 Å². The molecule has 0 saturated carbocycles. The number of nitrogens with one attached hydrogen (secondary N) is 1. The van der Waals surface area contributed by atoms with Gasteiger partial charge in [-0.3, -0.25) is 0 Å². The van der Waals surface area contributed by atoms with Crippen molar-refractivity contribution in [1.29, 1.82) is 0 Å². The SMILES string of the molecule is CCc1nc(-c2ccc3c(c2)NCC(C)O3)cs1. The van der Waals surface area contributed by atoms with Crippen LogP contribution in [-0.2, 0) is 6.42 Å². The van der Waals surface area contributed by atoms with Gasteiger partial charge in [0.15, 0.2) is 0 Å². The molecular formula is C14H16N2OS. The molecule has 0 radical (unpaired) electrons. The Hall–Kier alpha value is -1.55. The average Bonchev–Trinajstić information content (AvgIpc) is 2.87. The van der Waals surface area contributed by atoms with Crippen molar-refractivity contribution in [2.24, 2.45) is 0 Å². The molecule has 3 nitrogen and oxygen atoms in total. The van der Waals surface area contributed by atoms with E-state index in [4.69, 9.17) is 4.74 Å². The van der Waals surface area contributed by atoms with Gasteiger partial charge in [0.05, 0.1) is 22.9 Å². The number of ether oxygens (including phenoxy) is 1. The van der Waals surface area contributed by atoms with E-state index in [2.05, 4.69) is 41.7 Å². The van der Waals surface area contributed by atoms with Crippen LogP contribution in [0.3, 0.4) is 0 Å². The lowest BCUT2D eigenvalue weighted by molar-refractivity contribution is 0.226. The Bertz CT molecular complexity index is 565. The predicted molar refractivity (Wildman–Crippen MR) is 75.5 cm³/mol. The second-order valence-electron chi connectivity index (χ2n) is 4.50. The van der Waals surface area contributed by atoms with Crippen LogP contribution in [0.4, 0.5) is 5.69 Å². The van der Waals surface area contributed by atoms with Gasteiger partial charge in [-0.1, -0.05) is 6.92 Å². The molecule has 1 aromatic heterocycles. The Balaban J connectivity index is 1.94. The van der Waals surface area contributed by atoms with E-state index in [0.29, 0.717) is 0 Å². The summed E-state index contributed by atoms with van der Waals surface area (Å²) >= 11 is 1.72. The molecule has 18 heavy (non-hydrogen) atoms. The molecule has 1 aliphatic rings. The van der Waals surface area contributed by atoms with E-state index in [1.165, 1.54) is 5.01 Å². The van der Waals surface area contributed by atoms with Crippen molar-refractivity contribution in [2.45, 2.75) is 26.4 Å². The van der Waals surface area contributed by atoms with Crippen molar-refractivity contribution in [3.05, 3.63) is 28.6 Å². The highest BCUT2D eigenvalue weighted by Crippen LogP contribution is 2.33. The molecule has 0 saturated heterocycles. The van der Waals surface area contributed by atoms with E-state index >= 15 is 0 Å². The smallest absolute Gasteiger partial charge is 0.142 e. The third kappa shape index (κ3) is 2.08. The topological polar surface area (TPSA) is 34.2 Å². The van der Waals surface area contributed by atoms with Gasteiger partial charge < -0.3 is 10.1 Å². The highest BCUT2D eigenvalue weighted by molar-refractivity contribution is 7.09. The molecule has 2 aromatic rings. The van der Waals surface area contributed by atoms with Crippen LogP contribution in [-0.4, -0.2) is 17.6 Å². The van der Waals surface area contributed by atoms with Crippen molar-refractivity contribution in [3.8, 4) is 17.0 Å². The molecule has 94 valence electrons. The number of rotatable bonds is 2. The maximum atomic E-state index is 5.77. The summed E-state index contributed by atoms with van der Waals surface area (Å²) in [5, 5.41) is 6.69. The van der Waals surface area contributed by atoms with Crippen LogP contribution < -0.4 is 10.1 Å². The number of hydrogen-bond acceptors (Lipinski definition) is 4. The summed E-state index contributed by atoms with van der Waals surface area (Å²) in [6.45, 7) is 5.05. The van der Waals surface area contributed by atoms with E-state index < -0.39 is 0 Å². The van der Waals surface area contributed by atoms with E-state index in [1.807, 2.05) is 6.07 Å². The minimum Gasteiger partial charge on any atom is -0.487 e. The van der Waals surface area contributed by atoms with Gasteiger partial charge in [0.2, 0.25) is 0 Å². The minimum atomic E-state index is 0.231. The van der Waals surface area contributed by atoms with E-state index in [1.54, 1.807) is 11.3 Å². The molecule has 0 aliphatic carbocycles. The lowest BCUT2D eigenvalue weighted by Crippen LogP contribution is -2.27. The molecular weight excluding hydrogens is 244 g/mol. The lowest BCUT2D eigenvalue weighted by atomic mass is 10.1. The van der Waals surface area contributed by atoms with Gasteiger partial charge in [-0.05, 0) is 31.5 Å². The van der Waals surface area contributed by atoms with E-state index in [-0.39, 0.29) is 6.10 Å². The van der Waals surface area contributed by atoms with Gasteiger partial charge >= 0.3 is 0 Å². The van der Waals surface area contributed by atoms with Crippen molar-refractivity contribution < 1.29 is 4.74 Å². The summed E-state index contributed by atoms with van der Waals surface area (Å²) in [6.07, 6.45) is 1.23. The van der Waals surface area contributed by atoms with Crippen LogP contribution in [0.1, 0.15) is 18.9 Å². The first-order chi connectivity index (χ1) is 8.76. The Morgan fingerprint density at radius 3 is 3.17 bits per heavy atom.